The first-order valence-electron chi connectivity index (χ1n) is 2.16. The number of carbonyl (C=O) groups is 1. The number of aliphatic carboxylic acids is 1. The van der Waals surface area contributed by atoms with Gasteiger partial charge in [0.2, 0.25) is 0 Å². The van der Waals surface area contributed by atoms with E-state index in [4.69, 9.17) is 15.1 Å². The van der Waals surface area contributed by atoms with E-state index in [9.17, 15) is 9.36 Å². The molecule has 0 heterocycles. The normalized spacial score (nSPS) is 16.7. The molecule has 9 heavy (non-hydrogen) atoms. The van der Waals surface area contributed by atoms with Crippen molar-refractivity contribution in [2.24, 2.45) is 0 Å². The zero-order chi connectivity index (χ0) is 7.44. The minimum Gasteiger partial charge on any atom is -0.479 e. The van der Waals surface area contributed by atoms with Gasteiger partial charge in [0.05, 0.1) is 6.16 Å². The van der Waals surface area contributed by atoms with E-state index in [-0.39, 0.29) is 0 Å². The average Bonchev–Trinajstić information content (AvgIpc) is 1.63. The summed E-state index contributed by atoms with van der Waals surface area (Å²) in [6.45, 7) is 0. The van der Waals surface area contributed by atoms with Gasteiger partial charge in [-0.25, -0.2) is 4.79 Å². The fraction of sp³-hybridized carbons (Fsp3) is 0.667. The van der Waals surface area contributed by atoms with E-state index in [1.54, 1.807) is 0 Å². The number of aliphatic hydroxyl groups excluding tert-OH is 1. The van der Waals surface area contributed by atoms with Gasteiger partial charge < -0.3 is 15.1 Å². The molecule has 0 spiro atoms. The second kappa shape index (κ2) is 3.61. The Kier molecular flexibility index (Phi) is 3.46. The van der Waals surface area contributed by atoms with Gasteiger partial charge in [0.15, 0.2) is 14.1 Å². The fourth-order valence-electron chi connectivity index (χ4n) is 0.253. The summed E-state index contributed by atoms with van der Waals surface area (Å²) in [7, 11) is -2.86. The van der Waals surface area contributed by atoms with Crippen LogP contribution >= 0.6 is 8.03 Å². The van der Waals surface area contributed by atoms with Crippen molar-refractivity contribution in [2.75, 3.05) is 6.16 Å². The molecule has 54 valence electrons. The van der Waals surface area contributed by atoms with E-state index in [0.29, 0.717) is 0 Å². The first-order valence-corrected chi connectivity index (χ1v) is 3.73. The maximum absolute atomic E-state index is 9.88. The van der Waals surface area contributed by atoms with Crippen LogP contribution in [0.1, 0.15) is 0 Å². The number of carboxylic acids is 1. The minimum absolute atomic E-state index is 0.569. The molecule has 5 nitrogen and oxygen atoms in total. The Bertz CT molecular complexity index is 132. The fourth-order valence-corrected chi connectivity index (χ4v) is 0.758. The molecule has 2 unspecified atom stereocenters. The highest BCUT2D eigenvalue weighted by molar-refractivity contribution is 7.38. The lowest BCUT2D eigenvalue weighted by molar-refractivity contribution is -0.145. The quantitative estimate of drug-likeness (QED) is 0.448. The van der Waals surface area contributed by atoms with E-state index in [0.717, 1.165) is 0 Å². The summed E-state index contributed by atoms with van der Waals surface area (Å²) < 4.78 is 9.88. The van der Waals surface area contributed by atoms with Crippen molar-refractivity contribution in [1.82, 2.24) is 0 Å². The van der Waals surface area contributed by atoms with Gasteiger partial charge in [-0.3, -0.25) is 4.57 Å². The number of aliphatic hydroxyl groups is 1. The molecule has 6 heteroatoms. The van der Waals surface area contributed by atoms with Crippen LogP contribution in [0.2, 0.25) is 0 Å². The van der Waals surface area contributed by atoms with E-state index in [2.05, 4.69) is 0 Å². The molecule has 0 aromatic heterocycles. The van der Waals surface area contributed by atoms with E-state index in [1.165, 1.54) is 0 Å². The zero-order valence-electron chi connectivity index (χ0n) is 4.44. The van der Waals surface area contributed by atoms with Gasteiger partial charge in [-0.2, -0.15) is 0 Å². The third kappa shape index (κ3) is 4.14. The van der Waals surface area contributed by atoms with Crippen molar-refractivity contribution in [2.45, 2.75) is 6.10 Å². The van der Waals surface area contributed by atoms with Crippen LogP contribution in [0, 0.1) is 0 Å². The Labute approximate surface area is 51.8 Å². The standard InChI is InChI=1S/C3H7O5P/c4-2(3(5)6)1-9(7)8/h2,4,9H,1H2,(H,5,6)(H,7,8). The summed E-state index contributed by atoms with van der Waals surface area (Å²) in [5.41, 5.74) is 0. The van der Waals surface area contributed by atoms with Gasteiger partial charge in [-0.05, 0) is 0 Å². The number of rotatable bonds is 3. The second-order valence-electron chi connectivity index (χ2n) is 1.45. The molecular formula is C3H7O5P. The van der Waals surface area contributed by atoms with Crippen molar-refractivity contribution in [3.8, 4) is 0 Å². The largest absolute Gasteiger partial charge is 0.479 e. The third-order valence-electron chi connectivity index (χ3n) is 0.653. The van der Waals surface area contributed by atoms with Crippen LogP contribution in [-0.2, 0) is 9.36 Å². The molecule has 0 aliphatic rings. The van der Waals surface area contributed by atoms with Crippen LogP contribution in [0.4, 0.5) is 0 Å². The lowest BCUT2D eigenvalue weighted by Gasteiger charge is -1.99. The van der Waals surface area contributed by atoms with Crippen LogP contribution < -0.4 is 0 Å². The van der Waals surface area contributed by atoms with E-state index < -0.39 is 26.3 Å². The Morgan fingerprint density at radius 2 is 2.11 bits per heavy atom. The molecule has 0 amide bonds. The van der Waals surface area contributed by atoms with Gasteiger partial charge in [0.25, 0.3) is 0 Å². The molecule has 0 aliphatic heterocycles. The highest BCUT2D eigenvalue weighted by Gasteiger charge is 2.14. The highest BCUT2D eigenvalue weighted by Crippen LogP contribution is 2.13. The first kappa shape index (κ1) is 8.62. The summed E-state index contributed by atoms with van der Waals surface area (Å²) in [5, 5.41) is 16.3. The molecule has 0 bridgehead atoms. The van der Waals surface area contributed by atoms with Crippen LogP contribution in [0.3, 0.4) is 0 Å². The van der Waals surface area contributed by atoms with Crippen molar-refractivity contribution in [1.29, 1.82) is 0 Å². The molecule has 0 saturated heterocycles. The average molecular weight is 154 g/mol. The molecule has 0 aliphatic carbocycles. The van der Waals surface area contributed by atoms with Crippen molar-refractivity contribution in [3.63, 3.8) is 0 Å². The SMILES string of the molecule is O=C(O)C(O)C[PH](=O)O. The lowest BCUT2D eigenvalue weighted by atomic mass is 10.4. The van der Waals surface area contributed by atoms with Gasteiger partial charge in [-0.15, -0.1) is 0 Å². The summed E-state index contributed by atoms with van der Waals surface area (Å²) in [6, 6.07) is 0. The Hall–Kier alpha value is -0.380. The molecule has 0 saturated carbocycles. The van der Waals surface area contributed by atoms with Gasteiger partial charge in [-0.1, -0.05) is 0 Å². The van der Waals surface area contributed by atoms with Gasteiger partial charge in [0.1, 0.15) is 0 Å². The number of hydrogen-bond donors (Lipinski definition) is 3. The van der Waals surface area contributed by atoms with Crippen LogP contribution in [-0.4, -0.2) is 33.3 Å². The third-order valence-corrected chi connectivity index (χ3v) is 1.39. The van der Waals surface area contributed by atoms with E-state index >= 15 is 0 Å². The Morgan fingerprint density at radius 1 is 1.67 bits per heavy atom. The molecule has 2 atom stereocenters. The van der Waals surface area contributed by atoms with Gasteiger partial charge in [0, 0.05) is 0 Å². The van der Waals surface area contributed by atoms with Crippen molar-refractivity contribution >= 4 is 14.0 Å². The summed E-state index contributed by atoms with van der Waals surface area (Å²) in [6.07, 6.45) is -2.28. The van der Waals surface area contributed by atoms with Crippen molar-refractivity contribution < 1.29 is 24.5 Å². The maximum atomic E-state index is 9.88. The second-order valence-corrected chi connectivity index (χ2v) is 2.65. The zero-order valence-corrected chi connectivity index (χ0v) is 5.44. The lowest BCUT2D eigenvalue weighted by Crippen LogP contribution is -2.21. The van der Waals surface area contributed by atoms with Gasteiger partial charge >= 0.3 is 5.97 Å². The molecule has 0 aromatic rings. The monoisotopic (exact) mass is 154 g/mol. The van der Waals surface area contributed by atoms with Crippen LogP contribution in [0.5, 0.6) is 0 Å². The molecule has 3 N–H and O–H groups in total. The van der Waals surface area contributed by atoms with E-state index in [1.807, 2.05) is 0 Å². The minimum atomic E-state index is -2.86. The molecule has 0 rings (SSSR count). The molecule has 0 radical (unpaired) electrons. The molecule has 0 aromatic carbocycles. The van der Waals surface area contributed by atoms with Crippen LogP contribution in [0.25, 0.3) is 0 Å². The number of hydrogen-bond acceptors (Lipinski definition) is 3. The topological polar surface area (TPSA) is 94.8 Å². The van der Waals surface area contributed by atoms with Crippen LogP contribution in [0.15, 0.2) is 0 Å². The molecular weight excluding hydrogens is 147 g/mol. The summed E-state index contributed by atoms with van der Waals surface area (Å²) in [5.74, 6) is -1.47. The predicted molar refractivity (Wildman–Crippen MR) is 29.7 cm³/mol. The number of carboxylic acid groups (broad SMARTS) is 1. The highest BCUT2D eigenvalue weighted by atomic mass is 31.1. The predicted octanol–water partition coefficient (Wildman–Crippen LogP) is -1.10. The first-order chi connectivity index (χ1) is 4.04. The van der Waals surface area contributed by atoms with Crippen molar-refractivity contribution in [3.05, 3.63) is 0 Å². The maximum Gasteiger partial charge on any atom is 0.333 e. The Balaban J connectivity index is 3.63. The molecule has 0 fully saturated rings. The summed E-state index contributed by atoms with van der Waals surface area (Å²) in [4.78, 5) is 17.8. The Morgan fingerprint density at radius 3 is 2.22 bits per heavy atom. The smallest absolute Gasteiger partial charge is 0.333 e. The summed E-state index contributed by atoms with van der Waals surface area (Å²) >= 11 is 0.